The number of carboxylic acids is 1. The summed E-state index contributed by atoms with van der Waals surface area (Å²) < 4.78 is 4.94. The number of hydrogen-bond acceptors (Lipinski definition) is 3. The van der Waals surface area contributed by atoms with E-state index in [1.807, 2.05) is 0 Å². The largest absolute Gasteiger partial charge is 0.478 e. The first-order valence-electron chi connectivity index (χ1n) is 4.83. The predicted molar refractivity (Wildman–Crippen MR) is 55.6 cm³/mol. The van der Waals surface area contributed by atoms with Gasteiger partial charge in [-0.3, -0.25) is 0 Å². The predicted octanol–water partition coefficient (Wildman–Crippen LogP) is 1.54. The molecule has 1 unspecified atom stereocenters. The van der Waals surface area contributed by atoms with Crippen LogP contribution in [0.3, 0.4) is 0 Å². The number of carboxylic acid groups (broad SMARTS) is 1. The van der Waals surface area contributed by atoms with Crippen LogP contribution >= 0.6 is 0 Å². The third-order valence-electron chi connectivity index (χ3n) is 1.78. The minimum atomic E-state index is -1.01. The van der Waals surface area contributed by atoms with Crippen molar-refractivity contribution in [3.05, 3.63) is 12.2 Å². The van der Waals surface area contributed by atoms with Crippen LogP contribution in [0.4, 0.5) is 4.79 Å². The molecule has 0 rings (SSSR count). The van der Waals surface area contributed by atoms with E-state index in [1.54, 1.807) is 13.8 Å². The summed E-state index contributed by atoms with van der Waals surface area (Å²) in [4.78, 5) is 21.4. The minimum Gasteiger partial charge on any atom is -0.478 e. The average molecular weight is 215 g/mol. The molecule has 0 aliphatic heterocycles. The smallest absolute Gasteiger partial charge is 0.407 e. The fourth-order valence-corrected chi connectivity index (χ4v) is 0.912. The van der Waals surface area contributed by atoms with Crippen LogP contribution in [0, 0.1) is 0 Å². The lowest BCUT2D eigenvalue weighted by atomic mass is 10.1. The third-order valence-corrected chi connectivity index (χ3v) is 1.78. The second-order valence-electron chi connectivity index (χ2n) is 3.19. The van der Waals surface area contributed by atoms with Crippen LogP contribution in [0.1, 0.15) is 26.7 Å². The zero-order valence-corrected chi connectivity index (χ0v) is 9.08. The van der Waals surface area contributed by atoms with Gasteiger partial charge in [-0.1, -0.05) is 6.58 Å². The summed E-state index contributed by atoms with van der Waals surface area (Å²) in [5, 5.41) is 11.0. The summed E-state index contributed by atoms with van der Waals surface area (Å²) in [5.41, 5.74) is 0.126. The summed E-state index contributed by atoms with van der Waals surface area (Å²) in [6.07, 6.45) is -0.0170. The van der Waals surface area contributed by atoms with Gasteiger partial charge in [0.2, 0.25) is 0 Å². The molecule has 0 aromatic heterocycles. The van der Waals surface area contributed by atoms with E-state index in [0.717, 1.165) is 0 Å². The molecule has 0 fully saturated rings. The van der Waals surface area contributed by atoms with Gasteiger partial charge in [0.25, 0.3) is 0 Å². The number of nitrogens with one attached hydrogen (secondary N) is 1. The Morgan fingerprint density at radius 2 is 2.13 bits per heavy atom. The van der Waals surface area contributed by atoms with Crippen molar-refractivity contribution < 1.29 is 19.4 Å². The van der Waals surface area contributed by atoms with Gasteiger partial charge in [0.1, 0.15) is 6.10 Å². The maximum absolute atomic E-state index is 11.0. The number of carbonyl (C=O) groups excluding carboxylic acids is 1. The molecule has 0 saturated carbocycles. The van der Waals surface area contributed by atoms with E-state index >= 15 is 0 Å². The quantitative estimate of drug-likeness (QED) is 0.659. The Bertz CT molecular complexity index is 250. The molecule has 0 spiro atoms. The molecule has 5 nitrogen and oxygen atoms in total. The molecule has 0 saturated heterocycles. The zero-order chi connectivity index (χ0) is 11.8. The summed E-state index contributed by atoms with van der Waals surface area (Å²) >= 11 is 0. The van der Waals surface area contributed by atoms with Gasteiger partial charge in [0, 0.05) is 12.1 Å². The van der Waals surface area contributed by atoms with Crippen molar-refractivity contribution in [2.75, 3.05) is 6.54 Å². The van der Waals surface area contributed by atoms with E-state index in [2.05, 4.69) is 11.9 Å². The average Bonchev–Trinajstić information content (AvgIpc) is 2.14. The molecule has 0 aromatic rings. The molecule has 0 radical (unpaired) electrons. The Balaban J connectivity index is 3.75. The molecule has 5 heteroatoms. The van der Waals surface area contributed by atoms with Crippen LogP contribution in [0.15, 0.2) is 12.2 Å². The molecule has 15 heavy (non-hydrogen) atoms. The SMILES string of the molecule is C=C(CCC(C)OC(=O)NCC)C(=O)O. The number of alkyl carbamates (subject to hydrolysis) is 1. The topological polar surface area (TPSA) is 75.6 Å². The van der Waals surface area contributed by atoms with Crippen molar-refractivity contribution in [2.45, 2.75) is 32.8 Å². The lowest BCUT2D eigenvalue weighted by Crippen LogP contribution is -2.27. The van der Waals surface area contributed by atoms with Crippen molar-refractivity contribution in [1.29, 1.82) is 0 Å². The van der Waals surface area contributed by atoms with Gasteiger partial charge in [0.05, 0.1) is 0 Å². The van der Waals surface area contributed by atoms with Crippen LogP contribution in [-0.2, 0) is 9.53 Å². The van der Waals surface area contributed by atoms with Gasteiger partial charge < -0.3 is 15.2 Å². The molecule has 2 N–H and O–H groups in total. The van der Waals surface area contributed by atoms with Crippen molar-refractivity contribution >= 4 is 12.1 Å². The maximum atomic E-state index is 11.0. The number of amides is 1. The van der Waals surface area contributed by atoms with Crippen LogP contribution in [-0.4, -0.2) is 29.8 Å². The highest BCUT2D eigenvalue weighted by Gasteiger charge is 2.11. The highest BCUT2D eigenvalue weighted by Crippen LogP contribution is 2.08. The fraction of sp³-hybridized carbons (Fsp3) is 0.600. The second-order valence-corrected chi connectivity index (χ2v) is 3.19. The minimum absolute atomic E-state index is 0.126. The third kappa shape index (κ3) is 6.54. The van der Waals surface area contributed by atoms with Gasteiger partial charge >= 0.3 is 12.1 Å². The van der Waals surface area contributed by atoms with Crippen molar-refractivity contribution in [3.63, 3.8) is 0 Å². The summed E-state index contributed by atoms with van der Waals surface area (Å²) in [7, 11) is 0. The van der Waals surface area contributed by atoms with E-state index in [9.17, 15) is 9.59 Å². The standard InChI is InChI=1S/C10H17NO4/c1-4-11-10(14)15-8(3)6-5-7(2)9(12)13/h8H,2,4-6H2,1,3H3,(H,11,14)(H,12,13). The highest BCUT2D eigenvalue weighted by molar-refractivity contribution is 5.85. The number of ether oxygens (including phenoxy) is 1. The van der Waals surface area contributed by atoms with Crippen molar-refractivity contribution in [2.24, 2.45) is 0 Å². The van der Waals surface area contributed by atoms with Crippen molar-refractivity contribution in [1.82, 2.24) is 5.32 Å². The van der Waals surface area contributed by atoms with Gasteiger partial charge in [0.15, 0.2) is 0 Å². The molecule has 0 aliphatic rings. The lowest BCUT2D eigenvalue weighted by Gasteiger charge is -2.12. The van der Waals surface area contributed by atoms with Crippen LogP contribution in [0.2, 0.25) is 0 Å². The van der Waals surface area contributed by atoms with Crippen LogP contribution in [0.25, 0.3) is 0 Å². The van der Waals surface area contributed by atoms with E-state index in [0.29, 0.717) is 19.4 Å². The molecule has 1 amide bonds. The van der Waals surface area contributed by atoms with Crippen LogP contribution < -0.4 is 5.32 Å². The molecule has 86 valence electrons. The Labute approximate surface area is 89.1 Å². The Kier molecular flexibility index (Phi) is 6.17. The number of rotatable bonds is 6. The highest BCUT2D eigenvalue weighted by atomic mass is 16.6. The van der Waals surface area contributed by atoms with E-state index in [-0.39, 0.29) is 11.7 Å². The molecular formula is C10H17NO4. The fourth-order valence-electron chi connectivity index (χ4n) is 0.912. The molecule has 1 atom stereocenters. The summed E-state index contributed by atoms with van der Waals surface area (Å²) in [6, 6.07) is 0. The Hall–Kier alpha value is -1.52. The monoisotopic (exact) mass is 215 g/mol. The van der Waals surface area contributed by atoms with E-state index < -0.39 is 12.1 Å². The molecule has 0 bridgehead atoms. The van der Waals surface area contributed by atoms with Crippen molar-refractivity contribution in [3.8, 4) is 0 Å². The molecule has 0 aliphatic carbocycles. The maximum Gasteiger partial charge on any atom is 0.407 e. The van der Waals surface area contributed by atoms with Gasteiger partial charge in [-0.2, -0.15) is 0 Å². The molecular weight excluding hydrogens is 198 g/mol. The Morgan fingerprint density at radius 1 is 1.53 bits per heavy atom. The first-order chi connectivity index (χ1) is 6.97. The van der Waals surface area contributed by atoms with Gasteiger partial charge in [-0.25, -0.2) is 9.59 Å². The first-order valence-corrected chi connectivity index (χ1v) is 4.83. The van der Waals surface area contributed by atoms with Gasteiger partial charge in [-0.05, 0) is 26.7 Å². The normalized spacial score (nSPS) is 11.6. The van der Waals surface area contributed by atoms with E-state index in [1.165, 1.54) is 0 Å². The number of aliphatic carboxylic acids is 1. The molecule has 0 aromatic carbocycles. The second kappa shape index (κ2) is 6.86. The number of hydrogen-bond donors (Lipinski definition) is 2. The lowest BCUT2D eigenvalue weighted by molar-refractivity contribution is -0.132. The van der Waals surface area contributed by atoms with E-state index in [4.69, 9.17) is 9.84 Å². The summed E-state index contributed by atoms with van der Waals surface area (Å²) in [6.45, 7) is 7.40. The Morgan fingerprint density at radius 3 is 2.60 bits per heavy atom. The zero-order valence-electron chi connectivity index (χ0n) is 9.08. The van der Waals surface area contributed by atoms with Crippen LogP contribution in [0.5, 0.6) is 0 Å². The van der Waals surface area contributed by atoms with Gasteiger partial charge in [-0.15, -0.1) is 0 Å². The number of carbonyl (C=O) groups is 2. The summed E-state index contributed by atoms with van der Waals surface area (Å²) in [5.74, 6) is -1.01. The molecule has 0 heterocycles. The first kappa shape index (κ1) is 13.5.